The standard InChI is InChI=1S/C29H27N5/c1-33-13-11-23-15-24(17-32-29(23)33)28-27(22-9-7-20(16-30)8-10-22)25-12-14-34(26(25)18-31-28)19-21-5-3-2-4-6-21/h7-15,17-18,21H,2-6,19H2,1H3. The summed E-state index contributed by atoms with van der Waals surface area (Å²) in [6.45, 7) is 1.05. The number of pyridine rings is 2. The van der Waals surface area contributed by atoms with Gasteiger partial charge in [0, 0.05) is 54.1 Å². The van der Waals surface area contributed by atoms with Crippen molar-refractivity contribution in [3.8, 4) is 28.5 Å². The van der Waals surface area contributed by atoms with Crippen molar-refractivity contribution in [2.24, 2.45) is 13.0 Å². The highest BCUT2D eigenvalue weighted by Gasteiger charge is 2.19. The second kappa shape index (κ2) is 8.46. The molecule has 1 aliphatic carbocycles. The van der Waals surface area contributed by atoms with E-state index in [1.165, 1.54) is 43.0 Å². The van der Waals surface area contributed by atoms with Crippen molar-refractivity contribution < 1.29 is 0 Å². The first-order chi connectivity index (χ1) is 16.7. The molecular weight excluding hydrogens is 418 g/mol. The minimum atomic E-state index is 0.660. The van der Waals surface area contributed by atoms with E-state index in [0.29, 0.717) is 5.56 Å². The summed E-state index contributed by atoms with van der Waals surface area (Å²) >= 11 is 0. The highest BCUT2D eigenvalue weighted by molar-refractivity contribution is 6.02. The molecule has 4 heterocycles. The lowest BCUT2D eigenvalue weighted by molar-refractivity contribution is 0.322. The highest BCUT2D eigenvalue weighted by atomic mass is 15.0. The average Bonchev–Trinajstić information content (AvgIpc) is 3.47. The lowest BCUT2D eigenvalue weighted by atomic mass is 9.89. The van der Waals surface area contributed by atoms with Gasteiger partial charge in [0.1, 0.15) is 5.65 Å². The largest absolute Gasteiger partial charge is 0.346 e. The molecule has 1 aromatic carbocycles. The maximum Gasteiger partial charge on any atom is 0.139 e. The molecule has 0 amide bonds. The van der Waals surface area contributed by atoms with Gasteiger partial charge in [-0.2, -0.15) is 5.26 Å². The fourth-order valence-electron chi connectivity index (χ4n) is 5.47. The van der Waals surface area contributed by atoms with Crippen LogP contribution in [0.3, 0.4) is 0 Å². The van der Waals surface area contributed by atoms with E-state index in [0.717, 1.165) is 45.9 Å². The van der Waals surface area contributed by atoms with E-state index in [4.69, 9.17) is 9.97 Å². The Morgan fingerprint density at radius 1 is 0.941 bits per heavy atom. The van der Waals surface area contributed by atoms with Crippen molar-refractivity contribution in [2.75, 3.05) is 0 Å². The van der Waals surface area contributed by atoms with Crippen LogP contribution in [0.25, 0.3) is 44.3 Å². The molecule has 6 rings (SSSR count). The van der Waals surface area contributed by atoms with Crippen LogP contribution >= 0.6 is 0 Å². The molecule has 168 valence electrons. The van der Waals surface area contributed by atoms with Crippen molar-refractivity contribution in [2.45, 2.75) is 38.6 Å². The van der Waals surface area contributed by atoms with Gasteiger partial charge in [-0.15, -0.1) is 0 Å². The minimum Gasteiger partial charge on any atom is -0.346 e. The first-order valence-electron chi connectivity index (χ1n) is 12.1. The van der Waals surface area contributed by atoms with Gasteiger partial charge in [0.2, 0.25) is 0 Å². The molecule has 5 heteroatoms. The van der Waals surface area contributed by atoms with Crippen LogP contribution in [0, 0.1) is 17.2 Å². The Kier molecular flexibility index (Phi) is 5.15. The van der Waals surface area contributed by atoms with E-state index >= 15 is 0 Å². The summed E-state index contributed by atoms with van der Waals surface area (Å²) in [5, 5.41) is 11.6. The maximum atomic E-state index is 9.29. The molecule has 34 heavy (non-hydrogen) atoms. The zero-order chi connectivity index (χ0) is 23.1. The summed E-state index contributed by atoms with van der Waals surface area (Å²) in [6.07, 6.45) is 14.9. The number of aryl methyl sites for hydroxylation is 1. The number of hydrogen-bond acceptors (Lipinski definition) is 3. The smallest absolute Gasteiger partial charge is 0.139 e. The SMILES string of the molecule is Cn1ccc2cc(-c3ncc4c(ccn4CC4CCCCC4)c3-c3ccc(C#N)cc3)cnc21. The van der Waals surface area contributed by atoms with Crippen LogP contribution in [0.1, 0.15) is 37.7 Å². The molecule has 0 unspecified atom stereocenters. The Balaban J connectivity index is 1.52. The molecule has 1 fully saturated rings. The van der Waals surface area contributed by atoms with Crippen LogP contribution in [0.4, 0.5) is 0 Å². The average molecular weight is 446 g/mol. The van der Waals surface area contributed by atoms with Gasteiger partial charge in [-0.1, -0.05) is 31.4 Å². The summed E-state index contributed by atoms with van der Waals surface area (Å²) < 4.78 is 4.41. The van der Waals surface area contributed by atoms with Crippen LogP contribution in [-0.4, -0.2) is 19.1 Å². The van der Waals surface area contributed by atoms with Crippen LogP contribution in [0.15, 0.2) is 67.3 Å². The number of nitrogens with zero attached hydrogens (tertiary/aromatic N) is 5. The van der Waals surface area contributed by atoms with Crippen molar-refractivity contribution in [1.29, 1.82) is 5.26 Å². The number of hydrogen-bond donors (Lipinski definition) is 0. The molecule has 0 radical (unpaired) electrons. The van der Waals surface area contributed by atoms with Crippen molar-refractivity contribution in [1.82, 2.24) is 19.1 Å². The number of aromatic nitrogens is 4. The van der Waals surface area contributed by atoms with Gasteiger partial charge in [-0.05, 0) is 54.7 Å². The molecular formula is C29H27N5. The Morgan fingerprint density at radius 2 is 1.76 bits per heavy atom. The maximum absolute atomic E-state index is 9.29. The summed E-state index contributed by atoms with van der Waals surface area (Å²) in [6, 6.07) is 16.6. The van der Waals surface area contributed by atoms with Gasteiger partial charge in [-0.3, -0.25) is 4.98 Å². The van der Waals surface area contributed by atoms with Gasteiger partial charge in [0.15, 0.2) is 0 Å². The topological polar surface area (TPSA) is 59.4 Å². The van der Waals surface area contributed by atoms with Crippen LogP contribution in [-0.2, 0) is 13.6 Å². The van der Waals surface area contributed by atoms with E-state index in [1.807, 2.05) is 54.5 Å². The molecule has 0 bridgehead atoms. The molecule has 0 N–H and O–H groups in total. The molecule has 1 aliphatic rings. The van der Waals surface area contributed by atoms with Crippen LogP contribution < -0.4 is 0 Å². The Morgan fingerprint density at radius 3 is 2.56 bits per heavy atom. The number of benzene rings is 1. The fraction of sp³-hybridized carbons (Fsp3) is 0.276. The fourth-order valence-corrected chi connectivity index (χ4v) is 5.47. The Labute approximate surface area is 199 Å². The minimum absolute atomic E-state index is 0.660. The lowest BCUT2D eigenvalue weighted by Gasteiger charge is -2.22. The van der Waals surface area contributed by atoms with Crippen LogP contribution in [0.2, 0.25) is 0 Å². The Bertz CT molecular complexity index is 1530. The van der Waals surface area contributed by atoms with Gasteiger partial charge in [-0.25, -0.2) is 4.98 Å². The van der Waals surface area contributed by atoms with E-state index in [2.05, 4.69) is 35.0 Å². The van der Waals surface area contributed by atoms with E-state index in [1.54, 1.807) is 0 Å². The number of rotatable bonds is 4. The van der Waals surface area contributed by atoms with E-state index < -0.39 is 0 Å². The normalized spacial score (nSPS) is 14.6. The van der Waals surface area contributed by atoms with Crippen molar-refractivity contribution >= 4 is 21.9 Å². The van der Waals surface area contributed by atoms with E-state index in [-0.39, 0.29) is 0 Å². The van der Waals surface area contributed by atoms with Gasteiger partial charge < -0.3 is 9.13 Å². The van der Waals surface area contributed by atoms with Gasteiger partial charge >= 0.3 is 0 Å². The third-order valence-electron chi connectivity index (χ3n) is 7.29. The summed E-state index contributed by atoms with van der Waals surface area (Å²) in [7, 11) is 2.01. The number of nitriles is 1. The van der Waals surface area contributed by atoms with Crippen molar-refractivity contribution in [3.63, 3.8) is 0 Å². The molecule has 5 aromatic rings. The molecule has 5 nitrogen and oxygen atoms in total. The third-order valence-corrected chi connectivity index (χ3v) is 7.29. The second-order valence-electron chi connectivity index (χ2n) is 9.51. The molecule has 0 atom stereocenters. The zero-order valence-corrected chi connectivity index (χ0v) is 19.4. The van der Waals surface area contributed by atoms with E-state index in [9.17, 15) is 5.26 Å². The lowest BCUT2D eigenvalue weighted by Crippen LogP contribution is -2.13. The monoisotopic (exact) mass is 445 g/mol. The highest BCUT2D eigenvalue weighted by Crippen LogP contribution is 2.38. The van der Waals surface area contributed by atoms with Crippen LogP contribution in [0.5, 0.6) is 0 Å². The molecule has 0 saturated heterocycles. The predicted molar refractivity (Wildman–Crippen MR) is 136 cm³/mol. The number of fused-ring (bicyclic) bond motifs is 2. The summed E-state index contributed by atoms with van der Waals surface area (Å²) in [4.78, 5) is 9.72. The Hall–Kier alpha value is -3.91. The molecule has 0 spiro atoms. The predicted octanol–water partition coefficient (Wildman–Crippen LogP) is 6.71. The molecule has 4 aromatic heterocycles. The van der Waals surface area contributed by atoms with Gasteiger partial charge in [0.25, 0.3) is 0 Å². The first-order valence-corrected chi connectivity index (χ1v) is 12.1. The molecule has 1 saturated carbocycles. The first kappa shape index (κ1) is 20.7. The third kappa shape index (κ3) is 3.56. The quantitative estimate of drug-likeness (QED) is 0.309. The zero-order valence-electron chi connectivity index (χ0n) is 19.4. The molecule has 0 aliphatic heterocycles. The van der Waals surface area contributed by atoms with Gasteiger partial charge in [0.05, 0.1) is 29.0 Å². The summed E-state index contributed by atoms with van der Waals surface area (Å²) in [5.41, 5.74) is 6.88. The summed E-state index contributed by atoms with van der Waals surface area (Å²) in [5.74, 6) is 0.743. The second-order valence-corrected chi connectivity index (χ2v) is 9.51. The van der Waals surface area contributed by atoms with Crippen molar-refractivity contribution in [3.05, 3.63) is 72.8 Å².